The van der Waals surface area contributed by atoms with Crippen molar-refractivity contribution in [2.75, 3.05) is 7.11 Å². The van der Waals surface area contributed by atoms with Gasteiger partial charge >= 0.3 is 11.9 Å². The van der Waals surface area contributed by atoms with Crippen LogP contribution in [-0.2, 0) is 23.8 Å². The molecule has 0 fully saturated rings. The summed E-state index contributed by atoms with van der Waals surface area (Å²) in [4.78, 5) is 23.5. The number of ether oxygens (including phenoxy) is 3. The third-order valence-electron chi connectivity index (χ3n) is 4.44. The van der Waals surface area contributed by atoms with Crippen molar-refractivity contribution in [2.45, 2.75) is 63.8 Å². The lowest BCUT2D eigenvalue weighted by Gasteiger charge is -2.19. The first kappa shape index (κ1) is 20.2. The van der Waals surface area contributed by atoms with Crippen LogP contribution in [0.4, 0.5) is 0 Å². The highest BCUT2D eigenvalue weighted by atomic mass is 16.6. The minimum absolute atomic E-state index is 0.0103. The van der Waals surface area contributed by atoms with Crippen LogP contribution in [0.15, 0.2) is 42.5 Å². The molecule has 0 radical (unpaired) electrons. The van der Waals surface area contributed by atoms with Crippen LogP contribution in [-0.4, -0.2) is 31.3 Å². The molecule has 0 bridgehead atoms. The highest BCUT2D eigenvalue weighted by molar-refractivity contribution is 5.82. The van der Waals surface area contributed by atoms with E-state index in [4.69, 9.17) is 14.2 Å². The molecule has 0 unspecified atom stereocenters. The molecule has 0 N–H and O–H groups in total. The van der Waals surface area contributed by atoms with Gasteiger partial charge in [-0.15, -0.1) is 0 Å². The lowest BCUT2D eigenvalue weighted by atomic mass is 10.0. The first-order chi connectivity index (χ1) is 12.6. The van der Waals surface area contributed by atoms with Crippen LogP contribution in [0.2, 0.25) is 0 Å². The SMILES string of the molecule is CO[C@H](C(=O)O[C@H](C)CCCCC[C@@H]1CC=CC(=O)O1)c1ccccc1. The maximum absolute atomic E-state index is 12.3. The van der Waals surface area contributed by atoms with Crippen LogP contribution in [0, 0.1) is 0 Å². The second-order valence-electron chi connectivity index (χ2n) is 6.61. The summed E-state index contributed by atoms with van der Waals surface area (Å²) in [6.07, 6.45) is 8.00. The number of benzene rings is 1. The first-order valence-electron chi connectivity index (χ1n) is 9.25. The normalized spacial score (nSPS) is 18.8. The molecule has 0 amide bonds. The zero-order valence-electron chi connectivity index (χ0n) is 15.6. The second-order valence-corrected chi connectivity index (χ2v) is 6.61. The Bertz CT molecular complexity index is 596. The van der Waals surface area contributed by atoms with E-state index in [2.05, 4.69) is 0 Å². The van der Waals surface area contributed by atoms with Crippen molar-refractivity contribution in [3.05, 3.63) is 48.0 Å². The van der Waals surface area contributed by atoms with Gasteiger partial charge in [-0.2, -0.15) is 0 Å². The number of cyclic esters (lactones) is 1. The smallest absolute Gasteiger partial charge is 0.340 e. The van der Waals surface area contributed by atoms with Crippen LogP contribution in [0.3, 0.4) is 0 Å². The van der Waals surface area contributed by atoms with Gasteiger partial charge in [0.2, 0.25) is 0 Å². The first-order valence-corrected chi connectivity index (χ1v) is 9.25. The number of hydrogen-bond donors (Lipinski definition) is 0. The topological polar surface area (TPSA) is 61.8 Å². The number of carbonyl (C=O) groups is 2. The summed E-state index contributed by atoms with van der Waals surface area (Å²) in [5, 5.41) is 0. The summed E-state index contributed by atoms with van der Waals surface area (Å²) in [5.74, 6) is -0.597. The number of unbranched alkanes of at least 4 members (excludes halogenated alkanes) is 2. The van der Waals surface area contributed by atoms with Gasteiger partial charge in [0.25, 0.3) is 0 Å². The van der Waals surface area contributed by atoms with Crippen molar-refractivity contribution in [2.24, 2.45) is 0 Å². The van der Waals surface area contributed by atoms with Gasteiger partial charge in [0.1, 0.15) is 6.10 Å². The van der Waals surface area contributed by atoms with Crippen molar-refractivity contribution < 1.29 is 23.8 Å². The Morgan fingerprint density at radius 2 is 2.00 bits per heavy atom. The van der Waals surface area contributed by atoms with Gasteiger partial charge in [-0.3, -0.25) is 0 Å². The third kappa shape index (κ3) is 6.64. The molecule has 142 valence electrons. The summed E-state index contributed by atoms with van der Waals surface area (Å²) in [7, 11) is 1.51. The van der Waals surface area contributed by atoms with Crippen LogP contribution in [0.25, 0.3) is 0 Å². The van der Waals surface area contributed by atoms with Crippen molar-refractivity contribution >= 4 is 11.9 Å². The van der Waals surface area contributed by atoms with E-state index < -0.39 is 6.10 Å². The predicted octanol–water partition coefficient (Wildman–Crippen LogP) is 4.13. The molecule has 1 aliphatic heterocycles. The summed E-state index contributed by atoms with van der Waals surface area (Å²) in [6, 6.07) is 9.35. The third-order valence-corrected chi connectivity index (χ3v) is 4.44. The highest BCUT2D eigenvalue weighted by Gasteiger charge is 2.23. The molecular formula is C21H28O5. The van der Waals surface area contributed by atoms with E-state index in [0.29, 0.717) is 0 Å². The number of methoxy groups -OCH3 is 1. The zero-order valence-corrected chi connectivity index (χ0v) is 15.6. The van der Waals surface area contributed by atoms with Gasteiger partial charge in [0, 0.05) is 19.6 Å². The van der Waals surface area contributed by atoms with Crippen molar-refractivity contribution in [1.29, 1.82) is 0 Å². The van der Waals surface area contributed by atoms with Crippen LogP contribution < -0.4 is 0 Å². The molecule has 5 nitrogen and oxygen atoms in total. The summed E-state index contributed by atoms with van der Waals surface area (Å²) in [5.41, 5.74) is 0.795. The van der Waals surface area contributed by atoms with Gasteiger partial charge in [-0.05, 0) is 38.2 Å². The Labute approximate surface area is 155 Å². The van der Waals surface area contributed by atoms with E-state index in [1.54, 1.807) is 0 Å². The van der Waals surface area contributed by atoms with Crippen molar-refractivity contribution in [3.8, 4) is 0 Å². The van der Waals surface area contributed by atoms with E-state index in [0.717, 1.165) is 44.1 Å². The molecule has 0 aliphatic carbocycles. The van der Waals surface area contributed by atoms with Gasteiger partial charge < -0.3 is 14.2 Å². The standard InChI is InChI=1S/C21H28O5/c1-16(10-5-3-8-13-18-14-9-15-19(22)26-18)25-21(23)20(24-2)17-11-6-4-7-12-17/h4,6-7,9,11-12,15-16,18,20H,3,5,8,10,13-14H2,1-2H3/t16-,18-,20+/m1/s1. The summed E-state index contributed by atoms with van der Waals surface area (Å²) in [6.45, 7) is 1.91. The minimum atomic E-state index is -0.687. The van der Waals surface area contributed by atoms with Gasteiger partial charge in [-0.1, -0.05) is 42.8 Å². The van der Waals surface area contributed by atoms with Gasteiger partial charge in [-0.25, -0.2) is 9.59 Å². The Morgan fingerprint density at radius 1 is 1.23 bits per heavy atom. The monoisotopic (exact) mass is 360 g/mol. The van der Waals surface area contributed by atoms with E-state index in [1.807, 2.05) is 43.3 Å². The second kappa shape index (κ2) is 10.8. The molecule has 0 spiro atoms. The van der Waals surface area contributed by atoms with Crippen molar-refractivity contribution in [3.63, 3.8) is 0 Å². The fourth-order valence-electron chi connectivity index (χ4n) is 3.04. The van der Waals surface area contributed by atoms with E-state index in [-0.39, 0.29) is 24.1 Å². The van der Waals surface area contributed by atoms with E-state index in [9.17, 15) is 9.59 Å². The van der Waals surface area contributed by atoms with Gasteiger partial charge in [0.05, 0.1) is 6.10 Å². The maximum atomic E-state index is 12.3. The largest absolute Gasteiger partial charge is 0.460 e. The van der Waals surface area contributed by atoms with Crippen LogP contribution >= 0.6 is 0 Å². The molecule has 26 heavy (non-hydrogen) atoms. The Morgan fingerprint density at radius 3 is 2.69 bits per heavy atom. The lowest BCUT2D eigenvalue weighted by Crippen LogP contribution is -2.22. The molecule has 0 aromatic heterocycles. The molecule has 5 heteroatoms. The summed E-state index contributed by atoms with van der Waals surface area (Å²) >= 11 is 0. The number of esters is 2. The Balaban J connectivity index is 1.63. The Hall–Kier alpha value is -2.14. The van der Waals surface area contributed by atoms with Crippen LogP contribution in [0.5, 0.6) is 0 Å². The van der Waals surface area contributed by atoms with Crippen LogP contribution in [0.1, 0.15) is 57.1 Å². The highest BCUT2D eigenvalue weighted by Crippen LogP contribution is 2.20. The average molecular weight is 360 g/mol. The molecule has 0 saturated heterocycles. The fourth-order valence-corrected chi connectivity index (χ4v) is 3.04. The molecular weight excluding hydrogens is 332 g/mol. The fraction of sp³-hybridized carbons (Fsp3) is 0.524. The quantitative estimate of drug-likeness (QED) is 0.464. The van der Waals surface area contributed by atoms with Crippen molar-refractivity contribution in [1.82, 2.24) is 0 Å². The molecule has 0 saturated carbocycles. The summed E-state index contributed by atoms with van der Waals surface area (Å²) < 4.78 is 16.1. The number of rotatable bonds is 10. The van der Waals surface area contributed by atoms with E-state index >= 15 is 0 Å². The van der Waals surface area contributed by atoms with Gasteiger partial charge in [0.15, 0.2) is 6.10 Å². The molecule has 1 aliphatic rings. The van der Waals surface area contributed by atoms with E-state index in [1.165, 1.54) is 13.2 Å². The zero-order chi connectivity index (χ0) is 18.8. The maximum Gasteiger partial charge on any atom is 0.340 e. The molecule has 1 aromatic rings. The average Bonchev–Trinajstić information content (AvgIpc) is 2.63. The Kier molecular flexibility index (Phi) is 8.35. The molecule has 3 atom stereocenters. The number of hydrogen-bond acceptors (Lipinski definition) is 5. The molecule has 2 rings (SSSR count). The lowest BCUT2D eigenvalue weighted by molar-refractivity contribution is -0.161. The number of carbonyl (C=O) groups excluding carboxylic acids is 2. The minimum Gasteiger partial charge on any atom is -0.460 e. The predicted molar refractivity (Wildman–Crippen MR) is 98.5 cm³/mol. The molecule has 1 aromatic carbocycles. The molecule has 1 heterocycles.